The molecule has 1 aliphatic carbocycles. The van der Waals surface area contributed by atoms with Gasteiger partial charge in [0.1, 0.15) is 6.04 Å². The maximum atomic E-state index is 11.2. The van der Waals surface area contributed by atoms with Gasteiger partial charge >= 0.3 is 5.97 Å². The second-order valence-corrected chi connectivity index (χ2v) is 3.51. The van der Waals surface area contributed by atoms with Crippen molar-refractivity contribution in [1.82, 2.24) is 5.32 Å². The van der Waals surface area contributed by atoms with E-state index in [0.29, 0.717) is 18.8 Å². The Balaban J connectivity index is 2.26. The standard InChI is InChI=1S/C9H15NO3/c1-2-7(9(12)13)10-8(11)5-6-3-4-6/h6-7H,2-5H2,1H3,(H,10,11)(H,12,13). The van der Waals surface area contributed by atoms with Gasteiger partial charge in [0.15, 0.2) is 0 Å². The van der Waals surface area contributed by atoms with Crippen LogP contribution in [0.15, 0.2) is 0 Å². The molecule has 1 aliphatic rings. The number of nitrogens with one attached hydrogen (secondary N) is 1. The minimum absolute atomic E-state index is 0.128. The van der Waals surface area contributed by atoms with Gasteiger partial charge in [0.2, 0.25) is 5.91 Å². The van der Waals surface area contributed by atoms with Crippen LogP contribution < -0.4 is 5.32 Å². The lowest BCUT2D eigenvalue weighted by Crippen LogP contribution is -2.40. The summed E-state index contributed by atoms with van der Waals surface area (Å²) in [5, 5.41) is 11.2. The van der Waals surface area contributed by atoms with Crippen LogP contribution in [0, 0.1) is 5.92 Å². The van der Waals surface area contributed by atoms with Gasteiger partial charge in [-0.1, -0.05) is 6.92 Å². The van der Waals surface area contributed by atoms with Crippen molar-refractivity contribution in [2.75, 3.05) is 0 Å². The third-order valence-corrected chi connectivity index (χ3v) is 2.21. The molecule has 13 heavy (non-hydrogen) atoms. The summed E-state index contributed by atoms with van der Waals surface area (Å²) in [7, 11) is 0. The summed E-state index contributed by atoms with van der Waals surface area (Å²) in [4.78, 5) is 21.7. The van der Waals surface area contributed by atoms with Crippen LogP contribution in [0.1, 0.15) is 32.6 Å². The van der Waals surface area contributed by atoms with Crippen molar-refractivity contribution in [3.63, 3.8) is 0 Å². The molecule has 4 nitrogen and oxygen atoms in total. The SMILES string of the molecule is CCC(NC(=O)CC1CC1)C(=O)O. The summed E-state index contributed by atoms with van der Waals surface area (Å²) in [6.07, 6.45) is 3.14. The molecule has 1 rings (SSSR count). The van der Waals surface area contributed by atoms with Crippen LogP contribution in [0.25, 0.3) is 0 Å². The van der Waals surface area contributed by atoms with Crippen LogP contribution >= 0.6 is 0 Å². The molecule has 4 heteroatoms. The van der Waals surface area contributed by atoms with Crippen molar-refractivity contribution in [3.05, 3.63) is 0 Å². The predicted molar refractivity (Wildman–Crippen MR) is 47.2 cm³/mol. The molecule has 0 bridgehead atoms. The topological polar surface area (TPSA) is 66.4 Å². The number of carbonyl (C=O) groups excluding carboxylic acids is 1. The number of rotatable bonds is 5. The molecule has 0 aromatic carbocycles. The highest BCUT2D eigenvalue weighted by molar-refractivity contribution is 5.83. The van der Waals surface area contributed by atoms with Crippen molar-refractivity contribution >= 4 is 11.9 Å². The van der Waals surface area contributed by atoms with Crippen molar-refractivity contribution in [2.24, 2.45) is 5.92 Å². The first kappa shape index (κ1) is 10.0. The summed E-state index contributed by atoms with van der Waals surface area (Å²) >= 11 is 0. The second kappa shape index (κ2) is 4.25. The number of carbonyl (C=O) groups is 2. The zero-order valence-electron chi connectivity index (χ0n) is 7.75. The van der Waals surface area contributed by atoms with E-state index in [0.717, 1.165) is 12.8 Å². The second-order valence-electron chi connectivity index (χ2n) is 3.51. The van der Waals surface area contributed by atoms with Gasteiger partial charge in [0.25, 0.3) is 0 Å². The van der Waals surface area contributed by atoms with Gasteiger partial charge in [-0.25, -0.2) is 4.79 Å². The van der Waals surface area contributed by atoms with E-state index in [9.17, 15) is 9.59 Å². The molecule has 1 amide bonds. The normalized spacial score (nSPS) is 17.9. The van der Waals surface area contributed by atoms with E-state index in [1.54, 1.807) is 6.92 Å². The molecule has 1 saturated carbocycles. The van der Waals surface area contributed by atoms with Gasteiger partial charge in [0, 0.05) is 6.42 Å². The fourth-order valence-corrected chi connectivity index (χ4v) is 1.18. The summed E-state index contributed by atoms with van der Waals surface area (Å²) in [6.45, 7) is 1.75. The van der Waals surface area contributed by atoms with Crippen LogP contribution in [-0.4, -0.2) is 23.0 Å². The Kier molecular flexibility index (Phi) is 3.28. The average Bonchev–Trinajstić information content (AvgIpc) is 2.83. The number of hydrogen-bond donors (Lipinski definition) is 2. The molecular weight excluding hydrogens is 170 g/mol. The van der Waals surface area contributed by atoms with E-state index in [2.05, 4.69) is 5.32 Å². The Morgan fingerprint density at radius 2 is 2.15 bits per heavy atom. The summed E-state index contributed by atoms with van der Waals surface area (Å²) in [5.74, 6) is -0.574. The Bertz CT molecular complexity index is 211. The quantitative estimate of drug-likeness (QED) is 0.664. The van der Waals surface area contributed by atoms with Crippen molar-refractivity contribution < 1.29 is 14.7 Å². The van der Waals surface area contributed by atoms with Gasteiger partial charge in [-0.05, 0) is 25.2 Å². The summed E-state index contributed by atoms with van der Waals surface area (Å²) in [6, 6.07) is -0.716. The molecule has 0 aromatic heterocycles. The summed E-state index contributed by atoms with van der Waals surface area (Å²) < 4.78 is 0. The Morgan fingerprint density at radius 3 is 2.54 bits per heavy atom. The van der Waals surface area contributed by atoms with Crippen molar-refractivity contribution in [3.8, 4) is 0 Å². The van der Waals surface area contributed by atoms with Crippen LogP contribution in [0.4, 0.5) is 0 Å². The zero-order valence-corrected chi connectivity index (χ0v) is 7.75. The average molecular weight is 185 g/mol. The van der Waals surface area contributed by atoms with E-state index < -0.39 is 12.0 Å². The monoisotopic (exact) mass is 185 g/mol. The van der Waals surface area contributed by atoms with E-state index in [4.69, 9.17) is 5.11 Å². The maximum Gasteiger partial charge on any atom is 0.326 e. The lowest BCUT2D eigenvalue weighted by molar-refractivity contribution is -0.141. The van der Waals surface area contributed by atoms with E-state index >= 15 is 0 Å². The number of carboxylic acid groups (broad SMARTS) is 1. The largest absolute Gasteiger partial charge is 0.480 e. The number of hydrogen-bond acceptors (Lipinski definition) is 2. The van der Waals surface area contributed by atoms with E-state index in [1.807, 2.05) is 0 Å². The Morgan fingerprint density at radius 1 is 1.54 bits per heavy atom. The molecule has 0 aromatic rings. The smallest absolute Gasteiger partial charge is 0.326 e. The number of aliphatic carboxylic acids is 1. The predicted octanol–water partition coefficient (Wildman–Crippen LogP) is 0.766. The van der Waals surface area contributed by atoms with Gasteiger partial charge < -0.3 is 10.4 Å². The molecule has 1 unspecified atom stereocenters. The first-order valence-corrected chi connectivity index (χ1v) is 4.65. The highest BCUT2D eigenvalue weighted by Gasteiger charge is 2.26. The van der Waals surface area contributed by atoms with Gasteiger partial charge in [-0.2, -0.15) is 0 Å². The third kappa shape index (κ3) is 3.44. The van der Waals surface area contributed by atoms with Crippen molar-refractivity contribution in [2.45, 2.75) is 38.6 Å². The lowest BCUT2D eigenvalue weighted by atomic mass is 10.2. The first-order chi connectivity index (χ1) is 6.13. The highest BCUT2D eigenvalue weighted by Crippen LogP contribution is 2.32. The third-order valence-electron chi connectivity index (χ3n) is 2.21. The molecule has 1 atom stereocenters. The summed E-state index contributed by atoms with van der Waals surface area (Å²) in [5.41, 5.74) is 0. The van der Waals surface area contributed by atoms with Crippen LogP contribution in [-0.2, 0) is 9.59 Å². The maximum absolute atomic E-state index is 11.2. The minimum Gasteiger partial charge on any atom is -0.480 e. The first-order valence-electron chi connectivity index (χ1n) is 4.65. The molecule has 1 fully saturated rings. The molecule has 0 aliphatic heterocycles. The fourth-order valence-electron chi connectivity index (χ4n) is 1.18. The Hall–Kier alpha value is -1.06. The van der Waals surface area contributed by atoms with Gasteiger partial charge in [0.05, 0.1) is 0 Å². The van der Waals surface area contributed by atoms with Crippen LogP contribution in [0.5, 0.6) is 0 Å². The highest BCUT2D eigenvalue weighted by atomic mass is 16.4. The van der Waals surface area contributed by atoms with E-state index in [-0.39, 0.29) is 5.91 Å². The minimum atomic E-state index is -0.952. The number of carboxylic acids is 1. The van der Waals surface area contributed by atoms with Crippen molar-refractivity contribution in [1.29, 1.82) is 0 Å². The van der Waals surface area contributed by atoms with E-state index in [1.165, 1.54) is 0 Å². The van der Waals surface area contributed by atoms with Crippen LogP contribution in [0.3, 0.4) is 0 Å². The molecular formula is C9H15NO3. The van der Waals surface area contributed by atoms with Crippen LogP contribution in [0.2, 0.25) is 0 Å². The van der Waals surface area contributed by atoms with Gasteiger partial charge in [-0.15, -0.1) is 0 Å². The Labute approximate surface area is 77.3 Å². The molecule has 0 saturated heterocycles. The molecule has 74 valence electrons. The molecule has 2 N–H and O–H groups in total. The fraction of sp³-hybridized carbons (Fsp3) is 0.778. The van der Waals surface area contributed by atoms with Gasteiger partial charge in [-0.3, -0.25) is 4.79 Å². The number of amides is 1. The lowest BCUT2D eigenvalue weighted by Gasteiger charge is -2.11. The zero-order chi connectivity index (χ0) is 9.84. The molecule has 0 radical (unpaired) electrons. The molecule has 0 heterocycles. The molecule has 0 spiro atoms.